The van der Waals surface area contributed by atoms with Gasteiger partial charge < -0.3 is 14.0 Å². The summed E-state index contributed by atoms with van der Waals surface area (Å²) in [6, 6.07) is 23.0. The maximum atomic E-state index is 5.95. The van der Waals surface area contributed by atoms with Gasteiger partial charge in [0.05, 0.1) is 17.6 Å². The van der Waals surface area contributed by atoms with E-state index in [1.54, 1.807) is 0 Å². The van der Waals surface area contributed by atoms with Crippen molar-refractivity contribution < 1.29 is 9.47 Å². The second kappa shape index (κ2) is 9.88. The Kier molecular flexibility index (Phi) is 6.77. The fraction of sp³-hybridized carbons (Fsp3) is 0.208. The van der Waals surface area contributed by atoms with E-state index in [0.29, 0.717) is 23.3 Å². The molecule has 3 aromatic carbocycles. The number of unbranched alkanes of at least 4 members (excludes halogenated alkanes) is 1. The van der Waals surface area contributed by atoms with Crippen LogP contribution in [0.15, 0.2) is 72.8 Å². The van der Waals surface area contributed by atoms with E-state index in [-0.39, 0.29) is 0 Å². The van der Waals surface area contributed by atoms with Crippen LogP contribution in [-0.2, 0) is 13.2 Å². The summed E-state index contributed by atoms with van der Waals surface area (Å²) < 4.78 is 14.0. The number of aryl methyl sites for hydroxylation is 1. The van der Waals surface area contributed by atoms with E-state index in [4.69, 9.17) is 37.7 Å². The van der Waals surface area contributed by atoms with Crippen LogP contribution >= 0.6 is 23.2 Å². The molecule has 154 valence electrons. The van der Waals surface area contributed by atoms with Crippen molar-refractivity contribution in [2.45, 2.75) is 26.0 Å². The molecule has 4 nitrogen and oxygen atoms in total. The van der Waals surface area contributed by atoms with Gasteiger partial charge in [0.1, 0.15) is 23.9 Å². The van der Waals surface area contributed by atoms with Gasteiger partial charge in [-0.25, -0.2) is 4.98 Å². The molecule has 30 heavy (non-hydrogen) atoms. The third-order valence-electron chi connectivity index (χ3n) is 4.77. The summed E-state index contributed by atoms with van der Waals surface area (Å²) in [6.45, 7) is 1.91. The van der Waals surface area contributed by atoms with Gasteiger partial charge in [-0.1, -0.05) is 35.3 Å². The summed E-state index contributed by atoms with van der Waals surface area (Å²) in [5, 5.41) is 1.40. The zero-order valence-electron chi connectivity index (χ0n) is 16.4. The largest absolute Gasteiger partial charge is 0.494 e. The van der Waals surface area contributed by atoms with Crippen LogP contribution in [0.3, 0.4) is 0 Å². The molecular formula is C24H22Cl2N2O2. The number of nitrogens with zero attached hydrogens (tertiary/aromatic N) is 2. The number of rotatable bonds is 9. The van der Waals surface area contributed by atoms with E-state index in [1.807, 2.05) is 66.7 Å². The molecule has 0 N–H and O–H groups in total. The number of imidazole rings is 1. The van der Waals surface area contributed by atoms with Gasteiger partial charge in [0.15, 0.2) is 0 Å². The summed E-state index contributed by atoms with van der Waals surface area (Å²) in [6.07, 6.45) is 1.91. The Morgan fingerprint density at radius 1 is 0.733 bits per heavy atom. The standard InChI is InChI=1S/C24H22Cl2N2O2/c25-18-7-11-20(12-8-18)29-16-4-3-15-28-23-6-2-1-5-22(23)27-24(28)17-30-21-13-9-19(26)10-14-21/h1-2,5-14H,3-4,15-17H2. The van der Waals surface area contributed by atoms with Crippen LogP contribution in [0.1, 0.15) is 18.7 Å². The number of hydrogen-bond acceptors (Lipinski definition) is 3. The van der Waals surface area contributed by atoms with Crippen molar-refractivity contribution in [1.82, 2.24) is 9.55 Å². The molecule has 0 aliphatic carbocycles. The van der Waals surface area contributed by atoms with E-state index in [1.165, 1.54) is 0 Å². The average molecular weight is 441 g/mol. The highest BCUT2D eigenvalue weighted by molar-refractivity contribution is 6.30. The lowest BCUT2D eigenvalue weighted by molar-refractivity contribution is 0.285. The lowest BCUT2D eigenvalue weighted by Crippen LogP contribution is -2.08. The monoisotopic (exact) mass is 440 g/mol. The highest BCUT2D eigenvalue weighted by Gasteiger charge is 2.11. The van der Waals surface area contributed by atoms with Crippen molar-refractivity contribution in [3.05, 3.63) is 88.7 Å². The number of fused-ring (bicyclic) bond motifs is 1. The number of para-hydroxylation sites is 2. The van der Waals surface area contributed by atoms with Crippen LogP contribution in [0.25, 0.3) is 11.0 Å². The molecule has 1 aromatic heterocycles. The fourth-order valence-electron chi connectivity index (χ4n) is 3.26. The summed E-state index contributed by atoms with van der Waals surface area (Å²) in [5.74, 6) is 2.52. The second-order valence-electron chi connectivity index (χ2n) is 6.92. The van der Waals surface area contributed by atoms with Gasteiger partial charge in [-0.2, -0.15) is 0 Å². The molecule has 0 atom stereocenters. The van der Waals surface area contributed by atoms with Crippen molar-refractivity contribution in [3.8, 4) is 11.5 Å². The normalized spacial score (nSPS) is 11.0. The van der Waals surface area contributed by atoms with E-state index >= 15 is 0 Å². The van der Waals surface area contributed by atoms with Crippen LogP contribution < -0.4 is 9.47 Å². The Bertz CT molecular complexity index is 1090. The van der Waals surface area contributed by atoms with Crippen molar-refractivity contribution in [3.63, 3.8) is 0 Å². The van der Waals surface area contributed by atoms with E-state index < -0.39 is 0 Å². The molecule has 0 aliphatic heterocycles. The number of ether oxygens (including phenoxy) is 2. The van der Waals surface area contributed by atoms with Gasteiger partial charge in [0.2, 0.25) is 0 Å². The molecule has 0 fully saturated rings. The first kappa shape index (κ1) is 20.6. The molecule has 0 amide bonds. The number of aromatic nitrogens is 2. The maximum absolute atomic E-state index is 5.95. The zero-order valence-corrected chi connectivity index (χ0v) is 17.9. The molecule has 4 rings (SSSR count). The topological polar surface area (TPSA) is 36.3 Å². The first-order chi connectivity index (χ1) is 14.7. The molecule has 0 unspecified atom stereocenters. The third kappa shape index (κ3) is 5.26. The zero-order chi connectivity index (χ0) is 20.8. The minimum absolute atomic E-state index is 0.400. The molecule has 6 heteroatoms. The predicted molar refractivity (Wildman–Crippen MR) is 122 cm³/mol. The Hall–Kier alpha value is -2.69. The molecule has 0 saturated carbocycles. The SMILES string of the molecule is Clc1ccc(OCCCCn2c(COc3ccc(Cl)cc3)nc3ccccc32)cc1. The lowest BCUT2D eigenvalue weighted by atomic mass is 10.3. The van der Waals surface area contributed by atoms with Crippen LogP contribution in [0.5, 0.6) is 11.5 Å². The highest BCUT2D eigenvalue weighted by atomic mass is 35.5. The summed E-state index contributed by atoms with van der Waals surface area (Å²) in [5.41, 5.74) is 2.09. The Labute approximate surface area is 186 Å². The molecule has 4 aromatic rings. The van der Waals surface area contributed by atoms with Gasteiger partial charge >= 0.3 is 0 Å². The predicted octanol–water partition coefficient (Wildman–Crippen LogP) is 6.78. The number of halogens is 2. The Balaban J connectivity index is 1.37. The van der Waals surface area contributed by atoms with E-state index in [2.05, 4.69) is 10.6 Å². The van der Waals surface area contributed by atoms with Crippen LogP contribution in [-0.4, -0.2) is 16.2 Å². The number of benzene rings is 3. The molecular weight excluding hydrogens is 419 g/mol. The molecule has 1 heterocycles. The highest BCUT2D eigenvalue weighted by Crippen LogP contribution is 2.21. The Morgan fingerprint density at radius 2 is 1.37 bits per heavy atom. The van der Waals surface area contributed by atoms with Crippen LogP contribution in [0, 0.1) is 0 Å². The summed E-state index contributed by atoms with van der Waals surface area (Å²) in [4.78, 5) is 4.77. The van der Waals surface area contributed by atoms with Gasteiger partial charge in [0, 0.05) is 16.6 Å². The van der Waals surface area contributed by atoms with E-state index in [0.717, 1.165) is 47.7 Å². The molecule has 0 spiro atoms. The Morgan fingerprint density at radius 3 is 2.07 bits per heavy atom. The molecule has 0 aliphatic rings. The first-order valence-electron chi connectivity index (χ1n) is 9.90. The minimum Gasteiger partial charge on any atom is -0.494 e. The molecule has 0 bridgehead atoms. The second-order valence-corrected chi connectivity index (χ2v) is 7.79. The quantitative estimate of drug-likeness (QED) is 0.269. The van der Waals surface area contributed by atoms with Crippen LogP contribution in [0.4, 0.5) is 0 Å². The average Bonchev–Trinajstić information content (AvgIpc) is 3.12. The van der Waals surface area contributed by atoms with Gasteiger partial charge in [-0.15, -0.1) is 0 Å². The van der Waals surface area contributed by atoms with Crippen molar-refractivity contribution in [2.24, 2.45) is 0 Å². The van der Waals surface area contributed by atoms with Crippen LogP contribution in [0.2, 0.25) is 10.0 Å². The van der Waals surface area contributed by atoms with Crippen molar-refractivity contribution in [2.75, 3.05) is 6.61 Å². The van der Waals surface area contributed by atoms with Crippen molar-refractivity contribution >= 4 is 34.2 Å². The number of hydrogen-bond donors (Lipinski definition) is 0. The summed E-state index contributed by atoms with van der Waals surface area (Å²) >= 11 is 11.9. The third-order valence-corrected chi connectivity index (χ3v) is 5.28. The molecule has 0 saturated heterocycles. The molecule has 0 radical (unpaired) electrons. The lowest BCUT2D eigenvalue weighted by Gasteiger charge is -2.11. The van der Waals surface area contributed by atoms with Gasteiger partial charge in [-0.05, 0) is 73.5 Å². The van der Waals surface area contributed by atoms with Crippen molar-refractivity contribution in [1.29, 1.82) is 0 Å². The van der Waals surface area contributed by atoms with E-state index in [9.17, 15) is 0 Å². The first-order valence-corrected chi connectivity index (χ1v) is 10.7. The maximum Gasteiger partial charge on any atom is 0.147 e. The summed E-state index contributed by atoms with van der Waals surface area (Å²) in [7, 11) is 0. The van der Waals surface area contributed by atoms with Gasteiger partial charge in [-0.3, -0.25) is 0 Å². The van der Waals surface area contributed by atoms with Gasteiger partial charge in [0.25, 0.3) is 0 Å². The smallest absolute Gasteiger partial charge is 0.147 e. The fourth-order valence-corrected chi connectivity index (χ4v) is 3.51. The minimum atomic E-state index is 0.400.